The van der Waals surface area contributed by atoms with Gasteiger partial charge in [0.05, 0.1) is 27.9 Å². The van der Waals surface area contributed by atoms with Gasteiger partial charge in [-0.3, -0.25) is 4.99 Å². The Hall–Kier alpha value is -1.86. The maximum absolute atomic E-state index is 12.2. The number of amides is 1. The summed E-state index contributed by atoms with van der Waals surface area (Å²) in [6.45, 7) is 11.6. The first-order chi connectivity index (χ1) is 12.5. The zero-order valence-electron chi connectivity index (χ0n) is 16.8. The number of alkyl carbamates (subject to hydrolysis) is 1. The first-order valence-corrected chi connectivity index (χ1v) is 9.88. The van der Waals surface area contributed by atoms with Crippen LogP contribution in [0.1, 0.15) is 52.1 Å². The summed E-state index contributed by atoms with van der Waals surface area (Å²) in [4.78, 5) is 21.2. The SMILES string of the molecule is CCOC(=NC)c1cc(Cl)cc2sc(C(C)(C)NC(=O)OC(C)(C)C)nc12. The van der Waals surface area contributed by atoms with E-state index in [2.05, 4.69) is 10.3 Å². The fourth-order valence-electron chi connectivity index (χ4n) is 2.44. The molecule has 2 aromatic rings. The third-order valence-corrected chi connectivity index (χ3v) is 5.07. The topological polar surface area (TPSA) is 72.8 Å². The predicted molar refractivity (Wildman–Crippen MR) is 111 cm³/mol. The van der Waals surface area contributed by atoms with Crippen molar-refractivity contribution in [3.05, 3.63) is 27.7 Å². The quantitative estimate of drug-likeness (QED) is 0.559. The van der Waals surface area contributed by atoms with Crippen molar-refractivity contribution < 1.29 is 14.3 Å². The maximum atomic E-state index is 12.2. The van der Waals surface area contributed by atoms with Gasteiger partial charge in [-0.05, 0) is 53.7 Å². The molecule has 0 saturated heterocycles. The number of carbonyl (C=O) groups is 1. The lowest BCUT2D eigenvalue weighted by Crippen LogP contribution is -2.43. The summed E-state index contributed by atoms with van der Waals surface area (Å²) in [5.74, 6) is 0.486. The molecule has 0 radical (unpaired) electrons. The fraction of sp³-hybridized carbons (Fsp3) is 0.526. The molecule has 1 aromatic carbocycles. The number of halogens is 1. The number of aliphatic imine (C=N–C) groups is 1. The molecule has 0 saturated carbocycles. The van der Waals surface area contributed by atoms with Crippen LogP contribution in [0.25, 0.3) is 10.2 Å². The Bertz CT molecular complexity index is 869. The Kier molecular flexibility index (Phi) is 6.37. The lowest BCUT2D eigenvalue weighted by atomic mass is 10.1. The summed E-state index contributed by atoms with van der Waals surface area (Å²) < 4.78 is 11.9. The third-order valence-electron chi connectivity index (χ3n) is 3.52. The lowest BCUT2D eigenvalue weighted by molar-refractivity contribution is 0.0470. The minimum atomic E-state index is -0.717. The van der Waals surface area contributed by atoms with E-state index in [1.165, 1.54) is 11.3 Å². The summed E-state index contributed by atoms with van der Waals surface area (Å²) in [6.07, 6.45) is -0.491. The van der Waals surface area contributed by atoms with Crippen LogP contribution in [-0.4, -0.2) is 36.2 Å². The average molecular weight is 412 g/mol. The van der Waals surface area contributed by atoms with E-state index in [-0.39, 0.29) is 0 Å². The molecule has 8 heteroatoms. The monoisotopic (exact) mass is 411 g/mol. The molecule has 0 unspecified atom stereocenters. The molecular weight excluding hydrogens is 386 g/mol. The smallest absolute Gasteiger partial charge is 0.408 e. The summed E-state index contributed by atoms with van der Waals surface area (Å²) in [5.41, 5.74) is 0.188. The summed E-state index contributed by atoms with van der Waals surface area (Å²) in [7, 11) is 1.67. The van der Waals surface area contributed by atoms with E-state index in [0.717, 1.165) is 20.8 Å². The number of ether oxygens (including phenoxy) is 2. The number of hydrogen-bond donors (Lipinski definition) is 1. The van der Waals surface area contributed by atoms with Crippen LogP contribution >= 0.6 is 22.9 Å². The fourth-order valence-corrected chi connectivity index (χ4v) is 3.81. The highest BCUT2D eigenvalue weighted by atomic mass is 35.5. The van der Waals surface area contributed by atoms with E-state index in [1.807, 2.05) is 47.6 Å². The standard InChI is InChI=1S/C19H26ClN3O3S/c1-8-25-15(21-7)12-9-11(20)10-13-14(12)22-16(27-13)19(5,6)23-17(24)26-18(2,3)4/h9-10H,8H2,1-7H3,(H,23,24). The molecule has 0 aliphatic heterocycles. The van der Waals surface area contributed by atoms with E-state index >= 15 is 0 Å². The molecule has 1 amide bonds. The van der Waals surface area contributed by atoms with Crippen LogP contribution in [0.15, 0.2) is 17.1 Å². The molecular formula is C19H26ClN3O3S. The number of thiazole rings is 1. The Morgan fingerprint density at radius 2 is 1.96 bits per heavy atom. The van der Waals surface area contributed by atoms with Crippen LogP contribution in [0.2, 0.25) is 5.02 Å². The van der Waals surface area contributed by atoms with Crippen LogP contribution in [0, 0.1) is 0 Å². The van der Waals surface area contributed by atoms with Crippen LogP contribution in [-0.2, 0) is 15.0 Å². The number of carbonyl (C=O) groups excluding carboxylic acids is 1. The normalized spacial score (nSPS) is 13.0. The van der Waals surface area contributed by atoms with Crippen molar-refractivity contribution in [2.24, 2.45) is 4.99 Å². The molecule has 1 heterocycles. The van der Waals surface area contributed by atoms with Gasteiger partial charge in [0.25, 0.3) is 0 Å². The number of hydrogen-bond acceptors (Lipinski definition) is 6. The molecule has 0 atom stereocenters. The molecule has 0 aliphatic rings. The largest absolute Gasteiger partial charge is 0.478 e. The van der Waals surface area contributed by atoms with Gasteiger partial charge in [0.2, 0.25) is 5.90 Å². The zero-order chi connectivity index (χ0) is 20.4. The summed E-state index contributed by atoms with van der Waals surface area (Å²) in [6, 6.07) is 3.64. The second kappa shape index (κ2) is 8.02. The molecule has 1 N–H and O–H groups in total. The highest BCUT2D eigenvalue weighted by Gasteiger charge is 2.30. The first-order valence-electron chi connectivity index (χ1n) is 8.68. The van der Waals surface area contributed by atoms with E-state index in [9.17, 15) is 4.79 Å². The van der Waals surface area contributed by atoms with Crippen molar-refractivity contribution in [3.63, 3.8) is 0 Å². The number of benzene rings is 1. The molecule has 27 heavy (non-hydrogen) atoms. The van der Waals surface area contributed by atoms with E-state index in [1.54, 1.807) is 13.1 Å². The van der Waals surface area contributed by atoms with Crippen molar-refractivity contribution in [3.8, 4) is 0 Å². The predicted octanol–water partition coefficient (Wildman–Crippen LogP) is 5.12. The minimum Gasteiger partial charge on any atom is -0.478 e. The molecule has 0 aliphatic carbocycles. The summed E-state index contributed by atoms with van der Waals surface area (Å²) in [5, 5.41) is 4.20. The minimum absolute atomic E-state index is 0.486. The van der Waals surface area contributed by atoms with Gasteiger partial charge in [0.15, 0.2) is 0 Å². The number of fused-ring (bicyclic) bond motifs is 1. The molecule has 6 nitrogen and oxygen atoms in total. The van der Waals surface area contributed by atoms with Crippen molar-refractivity contribution >= 4 is 45.1 Å². The van der Waals surface area contributed by atoms with Crippen LogP contribution in [0.5, 0.6) is 0 Å². The van der Waals surface area contributed by atoms with Gasteiger partial charge >= 0.3 is 6.09 Å². The Morgan fingerprint density at radius 3 is 2.52 bits per heavy atom. The molecule has 0 bridgehead atoms. The van der Waals surface area contributed by atoms with E-state index < -0.39 is 17.2 Å². The van der Waals surface area contributed by atoms with Crippen LogP contribution in [0.4, 0.5) is 4.79 Å². The Morgan fingerprint density at radius 1 is 1.30 bits per heavy atom. The summed E-state index contributed by atoms with van der Waals surface area (Å²) >= 11 is 7.75. The number of rotatable bonds is 4. The molecule has 0 spiro atoms. The van der Waals surface area contributed by atoms with Crippen LogP contribution < -0.4 is 5.32 Å². The third kappa shape index (κ3) is 5.32. The second-order valence-electron chi connectivity index (χ2n) is 7.53. The lowest BCUT2D eigenvalue weighted by Gasteiger charge is -2.27. The van der Waals surface area contributed by atoms with E-state index in [0.29, 0.717) is 17.5 Å². The van der Waals surface area contributed by atoms with Gasteiger partial charge in [-0.15, -0.1) is 11.3 Å². The maximum Gasteiger partial charge on any atom is 0.408 e. The average Bonchev–Trinajstić information content (AvgIpc) is 2.94. The number of nitrogens with zero attached hydrogens (tertiary/aromatic N) is 2. The van der Waals surface area contributed by atoms with Crippen molar-refractivity contribution in [1.29, 1.82) is 0 Å². The Labute approximate surface area is 168 Å². The first kappa shape index (κ1) is 21.4. The number of aromatic nitrogens is 1. The second-order valence-corrected chi connectivity index (χ2v) is 9.00. The van der Waals surface area contributed by atoms with Crippen LogP contribution in [0.3, 0.4) is 0 Å². The zero-order valence-corrected chi connectivity index (χ0v) is 18.3. The van der Waals surface area contributed by atoms with Crippen molar-refractivity contribution in [1.82, 2.24) is 10.3 Å². The van der Waals surface area contributed by atoms with Crippen molar-refractivity contribution in [2.75, 3.05) is 13.7 Å². The molecule has 1 aromatic heterocycles. The van der Waals surface area contributed by atoms with E-state index in [4.69, 9.17) is 26.1 Å². The molecule has 148 valence electrons. The Balaban J connectivity index is 2.44. The molecule has 2 rings (SSSR count). The van der Waals surface area contributed by atoms with Gasteiger partial charge in [0, 0.05) is 12.1 Å². The van der Waals surface area contributed by atoms with Gasteiger partial charge in [-0.1, -0.05) is 11.6 Å². The van der Waals surface area contributed by atoms with Gasteiger partial charge in [0.1, 0.15) is 10.6 Å². The highest BCUT2D eigenvalue weighted by molar-refractivity contribution is 7.18. The van der Waals surface area contributed by atoms with Gasteiger partial charge in [-0.2, -0.15) is 0 Å². The highest BCUT2D eigenvalue weighted by Crippen LogP contribution is 2.34. The number of nitrogens with one attached hydrogen (secondary N) is 1. The molecule has 0 fully saturated rings. The van der Waals surface area contributed by atoms with Gasteiger partial charge < -0.3 is 14.8 Å². The van der Waals surface area contributed by atoms with Gasteiger partial charge in [-0.25, -0.2) is 9.78 Å². The van der Waals surface area contributed by atoms with Crippen molar-refractivity contribution in [2.45, 2.75) is 52.7 Å².